The van der Waals surface area contributed by atoms with Crippen LogP contribution in [0.3, 0.4) is 0 Å². The van der Waals surface area contributed by atoms with E-state index in [4.69, 9.17) is 9.47 Å². The summed E-state index contributed by atoms with van der Waals surface area (Å²) >= 11 is 0. The van der Waals surface area contributed by atoms with Crippen LogP contribution in [0.2, 0.25) is 0 Å². The maximum absolute atomic E-state index is 12.4. The number of benzene rings is 2. The molecule has 1 N–H and O–H groups in total. The molecule has 2 aromatic rings. The van der Waals surface area contributed by atoms with Crippen molar-refractivity contribution in [3.05, 3.63) is 42.5 Å². The van der Waals surface area contributed by atoms with Gasteiger partial charge in [-0.15, -0.1) is 0 Å². The van der Waals surface area contributed by atoms with Crippen molar-refractivity contribution in [1.82, 2.24) is 5.32 Å². The van der Waals surface area contributed by atoms with Crippen LogP contribution in [0, 0.1) is 5.92 Å². The Morgan fingerprint density at radius 1 is 1.12 bits per heavy atom. The number of hydrogen-bond acceptors (Lipinski definition) is 4. The molecule has 0 bridgehead atoms. The van der Waals surface area contributed by atoms with Crippen molar-refractivity contribution < 1.29 is 14.3 Å². The number of carbonyl (C=O) groups is 1. The fourth-order valence-electron chi connectivity index (χ4n) is 3.43. The van der Waals surface area contributed by atoms with Crippen molar-refractivity contribution in [3.8, 4) is 5.75 Å². The van der Waals surface area contributed by atoms with Crippen LogP contribution in [0.25, 0.3) is 10.8 Å². The molecular weight excluding hydrogens is 326 g/mol. The predicted molar refractivity (Wildman–Crippen MR) is 104 cm³/mol. The average molecular weight is 355 g/mol. The van der Waals surface area contributed by atoms with E-state index >= 15 is 0 Å². The van der Waals surface area contributed by atoms with E-state index in [1.165, 1.54) is 0 Å². The lowest BCUT2D eigenvalue weighted by Crippen LogP contribution is -2.39. The number of ether oxygens (including phenoxy) is 2. The highest BCUT2D eigenvalue weighted by molar-refractivity contribution is 5.88. The van der Waals surface area contributed by atoms with Crippen molar-refractivity contribution >= 4 is 16.7 Å². The second-order valence-electron chi connectivity index (χ2n) is 7.39. The van der Waals surface area contributed by atoms with Gasteiger partial charge in [0.1, 0.15) is 18.5 Å². The summed E-state index contributed by atoms with van der Waals surface area (Å²) in [4.78, 5) is 12.4. The lowest BCUT2D eigenvalue weighted by atomic mass is 10.1. The molecule has 3 rings (SSSR count). The van der Waals surface area contributed by atoms with Gasteiger partial charge in [0.2, 0.25) is 0 Å². The molecule has 0 spiro atoms. The van der Waals surface area contributed by atoms with Crippen LogP contribution in [-0.2, 0) is 9.53 Å². The molecule has 4 nitrogen and oxygen atoms in total. The molecular formula is C22H29NO3. The first-order chi connectivity index (χ1) is 12.6. The predicted octanol–water partition coefficient (Wildman–Crippen LogP) is 4.32. The summed E-state index contributed by atoms with van der Waals surface area (Å²) in [5.74, 6) is 0.822. The lowest BCUT2D eigenvalue weighted by Gasteiger charge is -2.22. The summed E-state index contributed by atoms with van der Waals surface area (Å²) < 4.78 is 11.9. The number of hydrogen-bond donors (Lipinski definition) is 1. The van der Waals surface area contributed by atoms with Crippen LogP contribution < -0.4 is 10.1 Å². The molecule has 0 amide bonds. The molecule has 0 radical (unpaired) electrons. The summed E-state index contributed by atoms with van der Waals surface area (Å²) in [6.07, 6.45) is 3.87. The molecule has 2 aromatic carbocycles. The van der Waals surface area contributed by atoms with E-state index < -0.39 is 0 Å². The van der Waals surface area contributed by atoms with E-state index in [1.54, 1.807) is 0 Å². The zero-order chi connectivity index (χ0) is 18.4. The van der Waals surface area contributed by atoms with Gasteiger partial charge in [0.25, 0.3) is 0 Å². The van der Waals surface area contributed by atoms with Crippen molar-refractivity contribution in [1.29, 1.82) is 0 Å². The Bertz CT molecular complexity index is 717. The van der Waals surface area contributed by atoms with Crippen LogP contribution in [0.15, 0.2) is 42.5 Å². The van der Waals surface area contributed by atoms with Gasteiger partial charge in [0, 0.05) is 18.0 Å². The maximum Gasteiger partial charge on any atom is 0.309 e. The van der Waals surface area contributed by atoms with Crippen molar-refractivity contribution in [3.63, 3.8) is 0 Å². The third kappa shape index (κ3) is 4.98. The Kier molecular flexibility index (Phi) is 6.51. The number of carbonyl (C=O) groups excluding carboxylic acids is 1. The van der Waals surface area contributed by atoms with Gasteiger partial charge < -0.3 is 14.8 Å². The average Bonchev–Trinajstić information content (AvgIpc) is 3.18. The zero-order valence-corrected chi connectivity index (χ0v) is 15.7. The van der Waals surface area contributed by atoms with Gasteiger partial charge in [-0.3, -0.25) is 4.79 Å². The largest absolute Gasteiger partial charge is 0.489 e. The smallest absolute Gasteiger partial charge is 0.309 e. The second-order valence-corrected chi connectivity index (χ2v) is 7.39. The molecule has 0 saturated heterocycles. The van der Waals surface area contributed by atoms with Crippen molar-refractivity contribution in [2.24, 2.45) is 5.92 Å². The number of esters is 1. The molecule has 0 aliphatic heterocycles. The highest BCUT2D eigenvalue weighted by Crippen LogP contribution is 2.27. The van der Waals surface area contributed by atoms with E-state index in [0.717, 1.165) is 42.2 Å². The molecule has 0 heterocycles. The molecule has 1 atom stereocenters. The van der Waals surface area contributed by atoms with Gasteiger partial charge in [-0.05, 0) is 24.3 Å². The molecule has 1 fully saturated rings. The van der Waals surface area contributed by atoms with E-state index in [-0.39, 0.29) is 18.0 Å². The Balaban J connectivity index is 1.65. The molecule has 140 valence electrons. The van der Waals surface area contributed by atoms with E-state index in [0.29, 0.717) is 19.2 Å². The van der Waals surface area contributed by atoms with Crippen molar-refractivity contribution in [2.45, 2.75) is 51.7 Å². The fraction of sp³-hybridized carbons (Fsp3) is 0.500. The van der Waals surface area contributed by atoms with E-state index in [9.17, 15) is 4.79 Å². The number of fused-ring (bicyclic) bond motifs is 1. The lowest BCUT2D eigenvalue weighted by molar-refractivity contribution is -0.155. The second kappa shape index (κ2) is 9.04. The Hall–Kier alpha value is -2.07. The normalized spacial score (nSPS) is 16.1. The topological polar surface area (TPSA) is 47.6 Å². The SMILES string of the molecule is CC(C)NC[C@H](COc1cccc2ccccc12)OC(=O)C1CCCC1. The first-order valence-electron chi connectivity index (χ1n) is 9.68. The first kappa shape index (κ1) is 18.7. The Morgan fingerprint density at radius 3 is 2.62 bits per heavy atom. The molecule has 1 aliphatic rings. The van der Waals surface area contributed by atoms with Gasteiger partial charge in [-0.1, -0.05) is 63.1 Å². The third-order valence-corrected chi connectivity index (χ3v) is 4.90. The summed E-state index contributed by atoms with van der Waals surface area (Å²) in [5, 5.41) is 5.58. The minimum atomic E-state index is -0.288. The standard InChI is InChI=1S/C22H29NO3/c1-16(2)23-14-19(26-22(24)18-9-3-4-10-18)15-25-21-13-7-11-17-8-5-6-12-20(17)21/h5-8,11-13,16,18-19,23H,3-4,9-10,14-15H2,1-2H3/t19-/m1/s1. The summed E-state index contributed by atoms with van der Waals surface area (Å²) in [7, 11) is 0. The molecule has 4 heteroatoms. The van der Waals surface area contributed by atoms with Crippen LogP contribution in [0.4, 0.5) is 0 Å². The highest BCUT2D eigenvalue weighted by atomic mass is 16.6. The fourth-order valence-corrected chi connectivity index (χ4v) is 3.43. The Morgan fingerprint density at radius 2 is 1.85 bits per heavy atom. The van der Waals surface area contributed by atoms with Crippen LogP contribution in [-0.4, -0.2) is 31.3 Å². The van der Waals surface area contributed by atoms with Gasteiger partial charge in [-0.25, -0.2) is 0 Å². The van der Waals surface area contributed by atoms with Crippen LogP contribution in [0.1, 0.15) is 39.5 Å². The summed E-state index contributed by atoms with van der Waals surface area (Å²) in [6.45, 7) is 5.12. The van der Waals surface area contributed by atoms with E-state index in [1.807, 2.05) is 24.3 Å². The quantitative estimate of drug-likeness (QED) is 0.717. The van der Waals surface area contributed by atoms with Gasteiger partial charge in [0.15, 0.2) is 0 Å². The summed E-state index contributed by atoms with van der Waals surface area (Å²) in [5.41, 5.74) is 0. The van der Waals surface area contributed by atoms with Crippen molar-refractivity contribution in [2.75, 3.05) is 13.2 Å². The zero-order valence-electron chi connectivity index (χ0n) is 15.7. The van der Waals surface area contributed by atoms with Gasteiger partial charge >= 0.3 is 5.97 Å². The molecule has 1 saturated carbocycles. The summed E-state index contributed by atoms with van der Waals surface area (Å²) in [6, 6.07) is 14.5. The minimum Gasteiger partial charge on any atom is -0.489 e. The molecule has 0 aromatic heterocycles. The monoisotopic (exact) mass is 355 g/mol. The third-order valence-electron chi connectivity index (χ3n) is 4.90. The number of rotatable bonds is 8. The van der Waals surface area contributed by atoms with Crippen LogP contribution in [0.5, 0.6) is 5.75 Å². The molecule has 0 unspecified atom stereocenters. The van der Waals surface area contributed by atoms with Gasteiger partial charge in [-0.2, -0.15) is 0 Å². The van der Waals surface area contributed by atoms with E-state index in [2.05, 4.69) is 37.4 Å². The molecule has 1 aliphatic carbocycles. The highest BCUT2D eigenvalue weighted by Gasteiger charge is 2.27. The maximum atomic E-state index is 12.4. The number of nitrogens with one attached hydrogen (secondary N) is 1. The van der Waals surface area contributed by atoms with Gasteiger partial charge in [0.05, 0.1) is 5.92 Å². The first-order valence-corrected chi connectivity index (χ1v) is 9.68. The minimum absolute atomic E-state index is 0.0640. The molecule has 26 heavy (non-hydrogen) atoms. The van der Waals surface area contributed by atoms with Crippen LogP contribution >= 0.6 is 0 Å². The Labute approximate surface area is 155 Å².